The molecule has 0 unspecified atom stereocenters. The number of rotatable bonds is 6. The Balaban J connectivity index is 1.66. The van der Waals surface area contributed by atoms with Gasteiger partial charge in [0.15, 0.2) is 5.75 Å². The molecule has 9 nitrogen and oxygen atoms in total. The molecule has 2 atom stereocenters. The molecule has 2 aromatic rings. The van der Waals surface area contributed by atoms with Crippen molar-refractivity contribution in [3.63, 3.8) is 0 Å². The van der Waals surface area contributed by atoms with E-state index in [1.54, 1.807) is 17.9 Å². The van der Waals surface area contributed by atoms with E-state index in [0.717, 1.165) is 6.54 Å². The number of methoxy groups -OCH3 is 1. The second kappa shape index (κ2) is 6.91. The third-order valence-electron chi connectivity index (χ3n) is 3.89. The average molecular weight is 335 g/mol. The lowest BCUT2D eigenvalue weighted by Crippen LogP contribution is -2.45. The Morgan fingerprint density at radius 2 is 2.25 bits per heavy atom. The number of aryl methyl sites for hydroxylation is 2. The summed E-state index contributed by atoms with van der Waals surface area (Å²) in [4.78, 5) is 12.5. The molecular formula is C15H21N5O4. The third kappa shape index (κ3) is 3.21. The maximum Gasteiger partial charge on any atom is 0.258 e. The molecule has 3 rings (SSSR count). The molecule has 3 heterocycles. The number of hydrogen-bond donors (Lipinski definition) is 1. The van der Waals surface area contributed by atoms with Crippen molar-refractivity contribution in [1.82, 2.24) is 24.9 Å². The quantitative estimate of drug-likeness (QED) is 0.812. The van der Waals surface area contributed by atoms with Gasteiger partial charge in [0.05, 0.1) is 45.0 Å². The molecule has 1 saturated heterocycles. The van der Waals surface area contributed by atoms with Crippen LogP contribution in [-0.2, 0) is 18.3 Å². The van der Waals surface area contributed by atoms with E-state index in [1.165, 1.54) is 18.0 Å². The Morgan fingerprint density at radius 3 is 2.96 bits per heavy atom. The highest BCUT2D eigenvalue weighted by atomic mass is 16.5. The number of aromatic nitrogens is 4. The van der Waals surface area contributed by atoms with Crippen LogP contribution in [0.1, 0.15) is 17.3 Å². The highest BCUT2D eigenvalue weighted by Gasteiger charge is 2.33. The van der Waals surface area contributed by atoms with E-state index < -0.39 is 0 Å². The standard InChI is InChI=1S/C15H21N5O4/c1-4-20-7-10(5-17-20)24-13-9-23-8-12(13)18-14(21)11-6-16-19(2)15(11)22-3/h5-7,12-13H,4,8-9H2,1-3H3,(H,18,21)/t12-,13+/m0/s1. The van der Waals surface area contributed by atoms with Crippen molar-refractivity contribution in [2.24, 2.45) is 7.05 Å². The number of ether oxygens (including phenoxy) is 3. The van der Waals surface area contributed by atoms with Gasteiger partial charge in [-0.1, -0.05) is 0 Å². The molecule has 0 spiro atoms. The van der Waals surface area contributed by atoms with E-state index in [0.29, 0.717) is 30.4 Å². The van der Waals surface area contributed by atoms with Gasteiger partial charge < -0.3 is 19.5 Å². The molecule has 1 aliphatic heterocycles. The summed E-state index contributed by atoms with van der Waals surface area (Å²) >= 11 is 0. The first-order valence-electron chi connectivity index (χ1n) is 7.76. The topological polar surface area (TPSA) is 92.4 Å². The van der Waals surface area contributed by atoms with Crippen molar-refractivity contribution in [1.29, 1.82) is 0 Å². The van der Waals surface area contributed by atoms with Gasteiger partial charge in [0.2, 0.25) is 5.88 Å². The minimum absolute atomic E-state index is 0.257. The van der Waals surface area contributed by atoms with Crippen LogP contribution in [0.2, 0.25) is 0 Å². The van der Waals surface area contributed by atoms with Gasteiger partial charge in [-0.05, 0) is 6.92 Å². The first-order chi connectivity index (χ1) is 11.6. The van der Waals surface area contributed by atoms with Crippen LogP contribution in [0.4, 0.5) is 0 Å². The smallest absolute Gasteiger partial charge is 0.258 e. The van der Waals surface area contributed by atoms with Crippen LogP contribution in [0.15, 0.2) is 18.6 Å². The summed E-state index contributed by atoms with van der Waals surface area (Å²) in [6, 6.07) is -0.257. The van der Waals surface area contributed by atoms with Crippen LogP contribution >= 0.6 is 0 Å². The van der Waals surface area contributed by atoms with Gasteiger partial charge in [-0.2, -0.15) is 10.2 Å². The van der Waals surface area contributed by atoms with Crippen LogP contribution in [0, 0.1) is 0 Å². The normalized spacial score (nSPS) is 20.1. The lowest BCUT2D eigenvalue weighted by Gasteiger charge is -2.19. The Morgan fingerprint density at radius 1 is 1.42 bits per heavy atom. The summed E-state index contributed by atoms with van der Waals surface area (Å²) < 4.78 is 19.8. The minimum atomic E-state index is -0.272. The Hall–Kier alpha value is -2.55. The van der Waals surface area contributed by atoms with E-state index in [1.807, 2.05) is 13.1 Å². The van der Waals surface area contributed by atoms with Crippen molar-refractivity contribution in [3.8, 4) is 11.6 Å². The summed E-state index contributed by atoms with van der Waals surface area (Å²) in [6.07, 6.45) is 4.68. The molecule has 0 radical (unpaired) electrons. The highest BCUT2D eigenvalue weighted by molar-refractivity contribution is 5.96. The summed E-state index contributed by atoms with van der Waals surface area (Å²) in [5.41, 5.74) is 0.379. The maximum atomic E-state index is 12.5. The Kier molecular flexibility index (Phi) is 4.70. The third-order valence-corrected chi connectivity index (χ3v) is 3.89. The van der Waals surface area contributed by atoms with Gasteiger partial charge >= 0.3 is 0 Å². The molecule has 0 saturated carbocycles. The number of hydrogen-bond acceptors (Lipinski definition) is 6. The SMILES string of the molecule is CCn1cc(O[C@@H]2COC[C@@H]2NC(=O)c2cnn(C)c2OC)cn1. The minimum Gasteiger partial charge on any atom is -0.482 e. The molecular weight excluding hydrogens is 314 g/mol. The van der Waals surface area contributed by atoms with Crippen molar-refractivity contribution in [2.75, 3.05) is 20.3 Å². The summed E-state index contributed by atoms with van der Waals surface area (Å²) in [5.74, 6) is 0.798. The Labute approximate surface area is 139 Å². The van der Waals surface area contributed by atoms with E-state index in [9.17, 15) is 4.79 Å². The molecule has 130 valence electrons. The summed E-state index contributed by atoms with van der Waals surface area (Å²) in [5, 5.41) is 11.1. The molecule has 1 N–H and O–H groups in total. The van der Waals surface area contributed by atoms with Crippen molar-refractivity contribution in [2.45, 2.75) is 25.6 Å². The molecule has 2 aromatic heterocycles. The number of nitrogens with one attached hydrogen (secondary N) is 1. The zero-order valence-corrected chi connectivity index (χ0v) is 13.9. The lowest BCUT2D eigenvalue weighted by atomic mass is 10.2. The molecule has 0 aromatic carbocycles. The Bertz CT molecular complexity index is 711. The molecule has 0 bridgehead atoms. The lowest BCUT2D eigenvalue weighted by molar-refractivity contribution is 0.0900. The van der Waals surface area contributed by atoms with Gasteiger partial charge in [0, 0.05) is 13.6 Å². The predicted octanol–water partition coefficient (Wildman–Crippen LogP) is 0.221. The van der Waals surface area contributed by atoms with Gasteiger partial charge in [0.1, 0.15) is 11.7 Å². The van der Waals surface area contributed by atoms with E-state index in [2.05, 4.69) is 15.5 Å². The number of carbonyl (C=O) groups is 1. The van der Waals surface area contributed by atoms with Crippen molar-refractivity contribution in [3.05, 3.63) is 24.2 Å². The molecule has 1 fully saturated rings. The van der Waals surface area contributed by atoms with Crippen LogP contribution in [0.25, 0.3) is 0 Å². The number of amides is 1. The fourth-order valence-electron chi connectivity index (χ4n) is 2.61. The van der Waals surface area contributed by atoms with Crippen LogP contribution in [-0.4, -0.2) is 57.9 Å². The van der Waals surface area contributed by atoms with Crippen molar-refractivity contribution < 1.29 is 19.0 Å². The molecule has 1 amide bonds. The maximum absolute atomic E-state index is 12.5. The summed E-state index contributed by atoms with van der Waals surface area (Å²) in [6.45, 7) is 3.57. The van der Waals surface area contributed by atoms with Gasteiger partial charge in [-0.3, -0.25) is 9.48 Å². The second-order valence-corrected chi connectivity index (χ2v) is 5.50. The van der Waals surface area contributed by atoms with Crippen LogP contribution in [0.3, 0.4) is 0 Å². The monoisotopic (exact) mass is 335 g/mol. The molecule has 9 heteroatoms. The van der Waals surface area contributed by atoms with Crippen LogP contribution < -0.4 is 14.8 Å². The summed E-state index contributed by atoms with van der Waals surface area (Å²) in [7, 11) is 3.22. The fraction of sp³-hybridized carbons (Fsp3) is 0.533. The van der Waals surface area contributed by atoms with E-state index >= 15 is 0 Å². The predicted molar refractivity (Wildman–Crippen MR) is 84.2 cm³/mol. The van der Waals surface area contributed by atoms with Gasteiger partial charge in [-0.15, -0.1) is 0 Å². The fourth-order valence-corrected chi connectivity index (χ4v) is 2.61. The number of nitrogens with zero attached hydrogens (tertiary/aromatic N) is 4. The van der Waals surface area contributed by atoms with Gasteiger partial charge in [0.25, 0.3) is 5.91 Å². The van der Waals surface area contributed by atoms with E-state index in [-0.39, 0.29) is 18.1 Å². The van der Waals surface area contributed by atoms with E-state index in [4.69, 9.17) is 14.2 Å². The zero-order chi connectivity index (χ0) is 17.1. The average Bonchev–Trinajstić information content (AvgIpc) is 3.28. The first kappa shape index (κ1) is 16.3. The number of carbonyl (C=O) groups excluding carboxylic acids is 1. The largest absolute Gasteiger partial charge is 0.482 e. The first-order valence-corrected chi connectivity index (χ1v) is 7.76. The van der Waals surface area contributed by atoms with Crippen molar-refractivity contribution >= 4 is 5.91 Å². The molecule has 0 aliphatic carbocycles. The highest BCUT2D eigenvalue weighted by Crippen LogP contribution is 2.19. The molecule has 1 aliphatic rings. The van der Waals surface area contributed by atoms with Gasteiger partial charge in [-0.25, -0.2) is 4.68 Å². The zero-order valence-electron chi connectivity index (χ0n) is 13.9. The second-order valence-electron chi connectivity index (χ2n) is 5.50. The molecule has 24 heavy (non-hydrogen) atoms. The van der Waals surface area contributed by atoms with Crippen LogP contribution in [0.5, 0.6) is 11.6 Å².